The van der Waals surface area contributed by atoms with E-state index in [0.29, 0.717) is 18.5 Å². The smallest absolute Gasteiger partial charge is 0.309 e. The number of carbonyl (C=O) groups excluding carboxylic acids is 1. The van der Waals surface area contributed by atoms with Crippen molar-refractivity contribution in [2.24, 2.45) is 16.6 Å². The lowest BCUT2D eigenvalue weighted by Crippen LogP contribution is -2.43. The second-order valence-electron chi connectivity index (χ2n) is 7.32. The van der Waals surface area contributed by atoms with Crippen LogP contribution in [0, 0.1) is 5.92 Å². The number of aliphatic imine (C=N–C) groups is 1. The number of thiophene rings is 1. The molecule has 1 aromatic rings. The molecule has 5 nitrogen and oxygen atoms in total. The van der Waals surface area contributed by atoms with Gasteiger partial charge in [0.05, 0.1) is 5.92 Å². The van der Waals surface area contributed by atoms with Crippen molar-refractivity contribution in [3.63, 3.8) is 0 Å². The van der Waals surface area contributed by atoms with Crippen molar-refractivity contribution in [2.75, 3.05) is 6.54 Å². The number of esters is 1. The van der Waals surface area contributed by atoms with Crippen LogP contribution >= 0.6 is 11.3 Å². The monoisotopic (exact) mass is 351 g/mol. The number of rotatable bonds is 5. The van der Waals surface area contributed by atoms with E-state index >= 15 is 0 Å². The van der Waals surface area contributed by atoms with Crippen LogP contribution in [-0.4, -0.2) is 30.1 Å². The Hall–Kier alpha value is -1.56. The number of nitrogens with two attached hydrogens (primary N) is 1. The summed E-state index contributed by atoms with van der Waals surface area (Å²) in [5, 5.41) is 5.36. The van der Waals surface area contributed by atoms with Gasteiger partial charge in [-0.3, -0.25) is 9.79 Å². The van der Waals surface area contributed by atoms with Crippen LogP contribution in [0.25, 0.3) is 0 Å². The molecule has 0 radical (unpaired) electrons. The first-order chi connectivity index (χ1) is 11.3. The van der Waals surface area contributed by atoms with Gasteiger partial charge in [0.2, 0.25) is 0 Å². The molecule has 0 aliphatic heterocycles. The lowest BCUT2D eigenvalue weighted by molar-refractivity contribution is -0.161. The topological polar surface area (TPSA) is 76.7 Å². The number of guanidine groups is 1. The van der Waals surface area contributed by atoms with E-state index in [-0.39, 0.29) is 11.9 Å². The molecule has 0 saturated heterocycles. The summed E-state index contributed by atoms with van der Waals surface area (Å²) in [4.78, 5) is 17.8. The zero-order valence-electron chi connectivity index (χ0n) is 14.9. The first-order valence-corrected chi connectivity index (χ1v) is 9.53. The van der Waals surface area contributed by atoms with Crippen LogP contribution in [0.2, 0.25) is 0 Å². The lowest BCUT2D eigenvalue weighted by atomic mass is 9.86. The molecule has 0 spiro atoms. The zero-order chi connectivity index (χ0) is 17.6. The van der Waals surface area contributed by atoms with Crippen molar-refractivity contribution in [1.82, 2.24) is 5.32 Å². The van der Waals surface area contributed by atoms with E-state index in [1.807, 2.05) is 20.8 Å². The van der Waals surface area contributed by atoms with E-state index in [4.69, 9.17) is 10.5 Å². The van der Waals surface area contributed by atoms with E-state index in [0.717, 1.165) is 32.1 Å². The molecule has 2 rings (SSSR count). The quantitative estimate of drug-likeness (QED) is 0.485. The second-order valence-corrected chi connectivity index (χ2v) is 8.35. The molecule has 0 atom stereocenters. The van der Waals surface area contributed by atoms with Crippen molar-refractivity contribution in [1.29, 1.82) is 0 Å². The number of ether oxygens (including phenoxy) is 1. The van der Waals surface area contributed by atoms with Gasteiger partial charge in [0, 0.05) is 23.9 Å². The molecule has 134 valence electrons. The molecule has 1 saturated carbocycles. The maximum atomic E-state index is 12.1. The molecule has 6 heteroatoms. The normalized spacial score (nSPS) is 22.2. The maximum absolute atomic E-state index is 12.1. The van der Waals surface area contributed by atoms with Gasteiger partial charge < -0.3 is 15.8 Å². The molecule has 1 heterocycles. The molecule has 24 heavy (non-hydrogen) atoms. The van der Waals surface area contributed by atoms with Crippen LogP contribution in [-0.2, 0) is 16.0 Å². The second kappa shape index (κ2) is 8.51. The Morgan fingerprint density at radius 3 is 2.67 bits per heavy atom. The van der Waals surface area contributed by atoms with Crippen molar-refractivity contribution in [3.05, 3.63) is 22.4 Å². The molecular formula is C18H29N3O2S. The molecular weight excluding hydrogens is 322 g/mol. The molecule has 1 fully saturated rings. The number of hydrogen-bond acceptors (Lipinski definition) is 4. The van der Waals surface area contributed by atoms with E-state index in [1.165, 1.54) is 4.88 Å². The largest absolute Gasteiger partial charge is 0.460 e. The molecule has 1 aromatic heterocycles. The molecule has 0 amide bonds. The summed E-state index contributed by atoms with van der Waals surface area (Å²) in [6.45, 7) is 6.43. The SMILES string of the molecule is CC(C)(C)OC(=O)C1CCC(NC(N)=NCCc2cccs2)CC1. The fourth-order valence-electron chi connectivity index (χ4n) is 2.85. The van der Waals surface area contributed by atoms with Crippen molar-refractivity contribution in [2.45, 2.75) is 64.5 Å². The van der Waals surface area contributed by atoms with Gasteiger partial charge in [0.1, 0.15) is 5.60 Å². The summed E-state index contributed by atoms with van der Waals surface area (Å²) in [5.74, 6) is 0.449. The van der Waals surface area contributed by atoms with Crippen LogP contribution in [0.3, 0.4) is 0 Å². The number of nitrogens with one attached hydrogen (secondary N) is 1. The zero-order valence-corrected chi connectivity index (χ0v) is 15.7. The Labute approximate surface area is 148 Å². The fraction of sp³-hybridized carbons (Fsp3) is 0.667. The highest BCUT2D eigenvalue weighted by molar-refractivity contribution is 7.09. The minimum Gasteiger partial charge on any atom is -0.460 e. The number of hydrogen-bond donors (Lipinski definition) is 2. The van der Waals surface area contributed by atoms with Gasteiger partial charge >= 0.3 is 5.97 Å². The summed E-state index contributed by atoms with van der Waals surface area (Å²) in [7, 11) is 0. The highest BCUT2D eigenvalue weighted by Gasteiger charge is 2.29. The maximum Gasteiger partial charge on any atom is 0.309 e. The third kappa shape index (κ3) is 6.51. The van der Waals surface area contributed by atoms with Crippen molar-refractivity contribution >= 4 is 23.3 Å². The van der Waals surface area contributed by atoms with Crippen LogP contribution in [0.1, 0.15) is 51.3 Å². The summed E-state index contributed by atoms with van der Waals surface area (Å²) in [6, 6.07) is 4.46. The van der Waals surface area contributed by atoms with Crippen LogP contribution < -0.4 is 11.1 Å². The standard InChI is InChI=1S/C18H29N3O2S/c1-18(2,3)23-16(22)13-6-8-14(9-7-13)21-17(19)20-11-10-15-5-4-12-24-15/h4-5,12-14H,6-11H2,1-3H3,(H3,19,20,21). The minimum atomic E-state index is -0.411. The Bertz CT molecular complexity index is 541. The molecule has 0 bridgehead atoms. The van der Waals surface area contributed by atoms with E-state index < -0.39 is 5.60 Å². The summed E-state index contributed by atoms with van der Waals surface area (Å²) in [5.41, 5.74) is 5.56. The molecule has 0 aromatic carbocycles. The van der Waals surface area contributed by atoms with Gasteiger partial charge in [0.25, 0.3) is 0 Å². The Morgan fingerprint density at radius 1 is 1.38 bits per heavy atom. The van der Waals surface area contributed by atoms with Gasteiger partial charge in [-0.1, -0.05) is 6.07 Å². The number of carbonyl (C=O) groups is 1. The summed E-state index contributed by atoms with van der Waals surface area (Å²) < 4.78 is 5.48. The van der Waals surface area contributed by atoms with Crippen LogP contribution in [0.4, 0.5) is 0 Å². The predicted octanol–water partition coefficient (Wildman–Crippen LogP) is 3.10. The van der Waals surface area contributed by atoms with Crippen LogP contribution in [0.5, 0.6) is 0 Å². The average molecular weight is 352 g/mol. The van der Waals surface area contributed by atoms with Gasteiger partial charge in [-0.15, -0.1) is 11.3 Å². The Balaban J connectivity index is 1.69. The van der Waals surface area contributed by atoms with E-state index in [9.17, 15) is 4.79 Å². The highest BCUT2D eigenvalue weighted by atomic mass is 32.1. The van der Waals surface area contributed by atoms with Gasteiger partial charge in [-0.05, 0) is 57.9 Å². The van der Waals surface area contributed by atoms with E-state index in [2.05, 4.69) is 27.8 Å². The van der Waals surface area contributed by atoms with Gasteiger partial charge in [0.15, 0.2) is 5.96 Å². The first kappa shape index (κ1) is 18.8. The van der Waals surface area contributed by atoms with Crippen molar-refractivity contribution in [3.8, 4) is 0 Å². The lowest BCUT2D eigenvalue weighted by Gasteiger charge is -2.30. The molecule has 1 aliphatic carbocycles. The average Bonchev–Trinajstić information content (AvgIpc) is 2.99. The van der Waals surface area contributed by atoms with Gasteiger partial charge in [-0.2, -0.15) is 0 Å². The molecule has 1 aliphatic rings. The van der Waals surface area contributed by atoms with Gasteiger partial charge in [-0.25, -0.2) is 0 Å². The summed E-state index contributed by atoms with van der Waals surface area (Å²) in [6.07, 6.45) is 4.45. The minimum absolute atomic E-state index is 0.0132. The molecule has 0 unspecified atom stereocenters. The summed E-state index contributed by atoms with van der Waals surface area (Å²) >= 11 is 1.74. The molecule has 3 N–H and O–H groups in total. The third-order valence-corrected chi connectivity index (χ3v) is 4.98. The van der Waals surface area contributed by atoms with E-state index in [1.54, 1.807) is 11.3 Å². The van der Waals surface area contributed by atoms with Crippen LogP contribution in [0.15, 0.2) is 22.5 Å². The highest BCUT2D eigenvalue weighted by Crippen LogP contribution is 2.26. The predicted molar refractivity (Wildman–Crippen MR) is 99.2 cm³/mol. The van der Waals surface area contributed by atoms with Crippen molar-refractivity contribution < 1.29 is 9.53 Å². The first-order valence-electron chi connectivity index (χ1n) is 8.65. The Morgan fingerprint density at radius 2 is 2.08 bits per heavy atom. The number of nitrogens with zero attached hydrogens (tertiary/aromatic N) is 1. The fourth-order valence-corrected chi connectivity index (χ4v) is 3.55. The Kier molecular flexibility index (Phi) is 6.66. The third-order valence-electron chi connectivity index (χ3n) is 4.04.